The summed E-state index contributed by atoms with van der Waals surface area (Å²) in [5.41, 5.74) is 1.09. The summed E-state index contributed by atoms with van der Waals surface area (Å²) in [4.78, 5) is 0. The Morgan fingerprint density at radius 3 is 2.62 bits per heavy atom. The lowest BCUT2D eigenvalue weighted by Crippen LogP contribution is -2.19. The van der Waals surface area contributed by atoms with Gasteiger partial charge in [-0.25, -0.2) is 13.5 Å². The van der Waals surface area contributed by atoms with Crippen LogP contribution in [0.3, 0.4) is 0 Å². The minimum Gasteiger partial charge on any atom is -0.312 e. The molecule has 2 rings (SSSR count). The molecular weight excluding hydrogens is 340 g/mol. The highest BCUT2D eigenvalue weighted by Crippen LogP contribution is 2.28. The van der Waals surface area contributed by atoms with Crippen molar-refractivity contribution >= 4 is 15.9 Å². The number of para-hydroxylation sites is 1. The Bertz CT molecular complexity index is 596. The average Bonchev–Trinajstić information content (AvgIpc) is 2.82. The Labute approximate surface area is 131 Å². The van der Waals surface area contributed by atoms with Gasteiger partial charge < -0.3 is 5.32 Å². The van der Waals surface area contributed by atoms with E-state index >= 15 is 0 Å². The fraction of sp³-hybridized carbons (Fsp3) is 0.400. The SMILES string of the molecule is CC(C)CNCc1cnn(-c2ccccc2Br)c1C(F)F. The zero-order valence-corrected chi connectivity index (χ0v) is 13.6. The van der Waals surface area contributed by atoms with Gasteiger partial charge in [0.25, 0.3) is 6.43 Å². The Balaban J connectivity index is 2.31. The molecule has 0 spiro atoms. The van der Waals surface area contributed by atoms with E-state index in [-0.39, 0.29) is 5.69 Å². The molecule has 0 unspecified atom stereocenters. The molecule has 0 bridgehead atoms. The molecule has 0 atom stereocenters. The fourth-order valence-corrected chi connectivity index (χ4v) is 2.52. The number of benzene rings is 1. The summed E-state index contributed by atoms with van der Waals surface area (Å²) >= 11 is 3.38. The van der Waals surface area contributed by atoms with Crippen molar-refractivity contribution in [3.05, 3.63) is 46.2 Å². The summed E-state index contributed by atoms with van der Waals surface area (Å²) in [6.45, 7) is 5.32. The van der Waals surface area contributed by atoms with Gasteiger partial charge in [-0.3, -0.25) is 0 Å². The molecule has 1 heterocycles. The van der Waals surface area contributed by atoms with Crippen molar-refractivity contribution < 1.29 is 8.78 Å². The Morgan fingerprint density at radius 1 is 1.29 bits per heavy atom. The van der Waals surface area contributed by atoms with Crippen LogP contribution in [0.25, 0.3) is 5.69 Å². The number of nitrogens with zero attached hydrogens (tertiary/aromatic N) is 2. The van der Waals surface area contributed by atoms with Crippen LogP contribution in [0.1, 0.15) is 31.5 Å². The predicted molar refractivity (Wildman–Crippen MR) is 82.8 cm³/mol. The Morgan fingerprint density at radius 2 is 2.00 bits per heavy atom. The normalized spacial score (nSPS) is 11.6. The van der Waals surface area contributed by atoms with E-state index in [2.05, 4.69) is 40.2 Å². The van der Waals surface area contributed by atoms with Gasteiger partial charge in [-0.1, -0.05) is 26.0 Å². The second-order valence-corrected chi connectivity index (χ2v) is 6.10. The predicted octanol–water partition coefficient (Wildman–Crippen LogP) is 4.32. The van der Waals surface area contributed by atoms with E-state index in [1.165, 1.54) is 10.9 Å². The van der Waals surface area contributed by atoms with Gasteiger partial charge in [-0.15, -0.1) is 0 Å². The molecular formula is C15H18BrF2N3. The molecule has 6 heteroatoms. The maximum atomic E-state index is 13.4. The van der Waals surface area contributed by atoms with Gasteiger partial charge in [0, 0.05) is 16.6 Å². The van der Waals surface area contributed by atoms with Gasteiger partial charge in [0.1, 0.15) is 5.69 Å². The molecule has 1 N–H and O–H groups in total. The van der Waals surface area contributed by atoms with E-state index < -0.39 is 6.43 Å². The van der Waals surface area contributed by atoms with Crippen LogP contribution in [-0.4, -0.2) is 16.3 Å². The standard InChI is InChI=1S/C15H18BrF2N3/c1-10(2)7-19-8-11-9-20-21(14(11)15(17)18)13-6-4-3-5-12(13)16/h3-6,9-10,15,19H,7-8H2,1-2H3. The molecule has 114 valence electrons. The first-order valence-electron chi connectivity index (χ1n) is 6.81. The first kappa shape index (κ1) is 16.1. The van der Waals surface area contributed by atoms with Gasteiger partial charge in [0.05, 0.1) is 11.9 Å². The molecule has 0 aliphatic rings. The zero-order valence-electron chi connectivity index (χ0n) is 12.0. The summed E-state index contributed by atoms with van der Waals surface area (Å²) in [6.07, 6.45) is -1.07. The highest BCUT2D eigenvalue weighted by Gasteiger charge is 2.21. The number of aromatic nitrogens is 2. The third-order valence-electron chi connectivity index (χ3n) is 3.04. The van der Waals surface area contributed by atoms with Crippen molar-refractivity contribution in [3.63, 3.8) is 0 Å². The average molecular weight is 358 g/mol. The number of alkyl halides is 2. The maximum Gasteiger partial charge on any atom is 0.280 e. The van der Waals surface area contributed by atoms with Crippen molar-refractivity contribution in [2.75, 3.05) is 6.54 Å². The molecule has 21 heavy (non-hydrogen) atoms. The van der Waals surface area contributed by atoms with E-state index in [0.29, 0.717) is 23.7 Å². The maximum absolute atomic E-state index is 13.4. The first-order chi connectivity index (χ1) is 10.0. The van der Waals surface area contributed by atoms with Crippen molar-refractivity contribution in [2.24, 2.45) is 5.92 Å². The molecule has 3 nitrogen and oxygen atoms in total. The summed E-state index contributed by atoms with van der Waals surface area (Å²) in [7, 11) is 0. The third-order valence-corrected chi connectivity index (χ3v) is 3.71. The quantitative estimate of drug-likeness (QED) is 0.834. The minimum absolute atomic E-state index is 0.0573. The molecule has 0 radical (unpaired) electrons. The molecule has 1 aromatic heterocycles. The van der Waals surface area contributed by atoms with Crippen molar-refractivity contribution in [2.45, 2.75) is 26.8 Å². The lowest BCUT2D eigenvalue weighted by molar-refractivity contribution is 0.141. The molecule has 0 saturated heterocycles. The van der Waals surface area contributed by atoms with Gasteiger partial charge in [-0.05, 0) is 40.5 Å². The van der Waals surface area contributed by atoms with E-state index in [1.54, 1.807) is 12.1 Å². The highest BCUT2D eigenvalue weighted by atomic mass is 79.9. The van der Waals surface area contributed by atoms with Crippen LogP contribution >= 0.6 is 15.9 Å². The number of halogens is 3. The number of nitrogens with one attached hydrogen (secondary N) is 1. The first-order valence-corrected chi connectivity index (χ1v) is 7.60. The summed E-state index contributed by atoms with van der Waals surface area (Å²) in [5.74, 6) is 0.471. The lowest BCUT2D eigenvalue weighted by atomic mass is 10.2. The molecule has 1 aromatic carbocycles. The molecule has 2 aromatic rings. The van der Waals surface area contributed by atoms with Gasteiger partial charge in [-0.2, -0.15) is 5.10 Å². The second-order valence-electron chi connectivity index (χ2n) is 5.24. The molecule has 0 fully saturated rings. The Kier molecular flexibility index (Phi) is 5.47. The summed E-state index contributed by atoms with van der Waals surface area (Å²) < 4.78 is 28.9. The fourth-order valence-electron chi connectivity index (χ4n) is 2.07. The third kappa shape index (κ3) is 3.89. The summed E-state index contributed by atoms with van der Waals surface area (Å²) in [5, 5.41) is 7.31. The van der Waals surface area contributed by atoms with Crippen molar-refractivity contribution in [1.82, 2.24) is 15.1 Å². The van der Waals surface area contributed by atoms with E-state index in [4.69, 9.17) is 0 Å². The number of hydrogen-bond donors (Lipinski definition) is 1. The molecule has 0 saturated carbocycles. The molecule has 0 aliphatic carbocycles. The van der Waals surface area contributed by atoms with Gasteiger partial charge in [0.15, 0.2) is 0 Å². The van der Waals surface area contributed by atoms with Gasteiger partial charge >= 0.3 is 0 Å². The monoisotopic (exact) mass is 357 g/mol. The molecule has 0 amide bonds. The zero-order chi connectivity index (χ0) is 15.4. The minimum atomic E-state index is -2.57. The highest BCUT2D eigenvalue weighted by molar-refractivity contribution is 9.10. The number of rotatable bonds is 6. The van der Waals surface area contributed by atoms with E-state index in [0.717, 1.165) is 11.0 Å². The molecule has 0 aliphatic heterocycles. The lowest BCUT2D eigenvalue weighted by Gasteiger charge is -2.11. The Hall–Kier alpha value is -1.27. The van der Waals surface area contributed by atoms with Crippen molar-refractivity contribution in [1.29, 1.82) is 0 Å². The van der Waals surface area contributed by atoms with Crippen LogP contribution in [0.15, 0.2) is 34.9 Å². The topological polar surface area (TPSA) is 29.9 Å². The van der Waals surface area contributed by atoms with Crippen molar-refractivity contribution in [3.8, 4) is 5.69 Å². The van der Waals surface area contributed by atoms with Crippen LogP contribution < -0.4 is 5.32 Å². The second kappa shape index (κ2) is 7.13. The van der Waals surface area contributed by atoms with Crippen LogP contribution in [0.5, 0.6) is 0 Å². The van der Waals surface area contributed by atoms with E-state index in [9.17, 15) is 8.78 Å². The van der Waals surface area contributed by atoms with Gasteiger partial charge in [0.2, 0.25) is 0 Å². The van der Waals surface area contributed by atoms with Crippen LogP contribution in [-0.2, 0) is 6.54 Å². The van der Waals surface area contributed by atoms with Crippen LogP contribution in [0.2, 0.25) is 0 Å². The van der Waals surface area contributed by atoms with Crippen LogP contribution in [0, 0.1) is 5.92 Å². The van der Waals surface area contributed by atoms with Crippen LogP contribution in [0.4, 0.5) is 8.78 Å². The van der Waals surface area contributed by atoms with E-state index in [1.807, 2.05) is 12.1 Å². The number of hydrogen-bond acceptors (Lipinski definition) is 2. The largest absolute Gasteiger partial charge is 0.312 e. The summed E-state index contributed by atoms with van der Waals surface area (Å²) in [6, 6.07) is 7.20. The smallest absolute Gasteiger partial charge is 0.280 e.